The molecule has 1 aromatic rings. The van der Waals surface area contributed by atoms with Crippen molar-refractivity contribution in [1.82, 2.24) is 5.32 Å². The van der Waals surface area contributed by atoms with Crippen LogP contribution >= 0.6 is 0 Å². The van der Waals surface area contributed by atoms with Gasteiger partial charge in [-0.15, -0.1) is 0 Å². The lowest BCUT2D eigenvalue weighted by molar-refractivity contribution is -0.150. The number of esters is 1. The van der Waals surface area contributed by atoms with Crippen LogP contribution in [-0.2, 0) is 16.0 Å². The largest absolute Gasteiger partial charge is 0.466 e. The maximum atomic E-state index is 13.2. The number of carbonyl (C=O) groups is 1. The van der Waals surface area contributed by atoms with Crippen LogP contribution in [0.15, 0.2) is 24.3 Å². The zero-order valence-electron chi connectivity index (χ0n) is 11.4. The summed E-state index contributed by atoms with van der Waals surface area (Å²) in [5.74, 6) is -0.568. The molecule has 0 radical (unpaired) electrons. The highest BCUT2D eigenvalue weighted by Crippen LogP contribution is 2.35. The predicted octanol–water partition coefficient (Wildman–Crippen LogP) is 2.16. The van der Waals surface area contributed by atoms with E-state index in [0.717, 1.165) is 12.1 Å². The van der Waals surface area contributed by atoms with Crippen molar-refractivity contribution >= 4 is 5.97 Å². The van der Waals surface area contributed by atoms with Gasteiger partial charge >= 0.3 is 5.97 Å². The molecule has 1 heterocycles. The van der Waals surface area contributed by atoms with Gasteiger partial charge in [-0.2, -0.15) is 0 Å². The summed E-state index contributed by atoms with van der Waals surface area (Å²) in [5.41, 5.74) is 0.695. The first-order valence-corrected chi connectivity index (χ1v) is 6.67. The third-order valence-corrected chi connectivity index (χ3v) is 3.79. The minimum atomic E-state index is -0.236. The van der Waals surface area contributed by atoms with Gasteiger partial charge in [0.15, 0.2) is 0 Å². The molecular formula is C15H20FNO2. The van der Waals surface area contributed by atoms with E-state index in [-0.39, 0.29) is 23.1 Å². The molecule has 0 saturated carbocycles. The normalized spacial score (nSPS) is 26.4. The first-order valence-electron chi connectivity index (χ1n) is 6.67. The average Bonchev–Trinajstić information content (AvgIpc) is 2.71. The van der Waals surface area contributed by atoms with Gasteiger partial charge in [-0.3, -0.25) is 4.79 Å². The first-order chi connectivity index (χ1) is 9.05. The number of hydrogen-bond donors (Lipinski definition) is 1. The van der Waals surface area contributed by atoms with Gasteiger partial charge in [0.2, 0.25) is 0 Å². The van der Waals surface area contributed by atoms with E-state index in [1.165, 1.54) is 12.1 Å². The molecule has 2 rings (SSSR count). The fourth-order valence-corrected chi connectivity index (χ4v) is 2.78. The molecule has 0 spiro atoms. The third-order valence-electron chi connectivity index (χ3n) is 3.79. The van der Waals surface area contributed by atoms with Crippen LogP contribution in [0.1, 0.15) is 19.4 Å². The lowest BCUT2D eigenvalue weighted by Crippen LogP contribution is -2.35. The van der Waals surface area contributed by atoms with Crippen molar-refractivity contribution in [3.8, 4) is 0 Å². The lowest BCUT2D eigenvalue weighted by Gasteiger charge is -2.29. The molecule has 1 aliphatic heterocycles. The van der Waals surface area contributed by atoms with Gasteiger partial charge in [0, 0.05) is 13.1 Å². The summed E-state index contributed by atoms with van der Waals surface area (Å²) in [7, 11) is 0. The van der Waals surface area contributed by atoms with Crippen molar-refractivity contribution in [2.45, 2.75) is 20.3 Å². The molecule has 19 heavy (non-hydrogen) atoms. The Balaban J connectivity index is 2.14. The smallest absolute Gasteiger partial charge is 0.310 e. The monoisotopic (exact) mass is 265 g/mol. The Bertz CT molecular complexity index is 463. The second-order valence-corrected chi connectivity index (χ2v) is 5.40. The summed E-state index contributed by atoms with van der Waals surface area (Å²) in [4.78, 5) is 12.0. The number of halogens is 1. The van der Waals surface area contributed by atoms with Crippen molar-refractivity contribution in [2.24, 2.45) is 11.3 Å². The van der Waals surface area contributed by atoms with Crippen LogP contribution in [0, 0.1) is 17.2 Å². The topological polar surface area (TPSA) is 38.3 Å². The number of nitrogens with one attached hydrogen (secondary N) is 1. The Labute approximate surface area is 113 Å². The Hall–Kier alpha value is -1.42. The molecule has 0 aliphatic carbocycles. The molecular weight excluding hydrogens is 245 g/mol. The van der Waals surface area contributed by atoms with Gasteiger partial charge in [-0.25, -0.2) is 4.39 Å². The molecule has 2 atom stereocenters. The fourth-order valence-electron chi connectivity index (χ4n) is 2.78. The van der Waals surface area contributed by atoms with Crippen LogP contribution in [-0.4, -0.2) is 25.7 Å². The van der Waals surface area contributed by atoms with Gasteiger partial charge in [-0.05, 0) is 36.5 Å². The zero-order chi connectivity index (χ0) is 13.9. The summed E-state index contributed by atoms with van der Waals surface area (Å²) >= 11 is 0. The Morgan fingerprint density at radius 2 is 2.37 bits per heavy atom. The van der Waals surface area contributed by atoms with E-state index in [4.69, 9.17) is 4.74 Å². The van der Waals surface area contributed by atoms with Crippen molar-refractivity contribution in [1.29, 1.82) is 0 Å². The van der Waals surface area contributed by atoms with Crippen molar-refractivity contribution in [2.75, 3.05) is 19.7 Å². The summed E-state index contributed by atoms with van der Waals surface area (Å²) in [5, 5.41) is 3.24. The van der Waals surface area contributed by atoms with Gasteiger partial charge in [-0.1, -0.05) is 19.1 Å². The van der Waals surface area contributed by atoms with Crippen molar-refractivity contribution in [3.63, 3.8) is 0 Å². The standard InChI is InChI=1S/C15H20FNO2/c1-3-19-14(18)13-9-17-10-15(13,2)8-11-5-4-6-12(16)7-11/h4-7,13,17H,3,8-10H2,1-2H3. The minimum Gasteiger partial charge on any atom is -0.466 e. The molecule has 0 amide bonds. The van der Waals surface area contributed by atoms with E-state index in [0.29, 0.717) is 19.6 Å². The van der Waals surface area contributed by atoms with Crippen molar-refractivity contribution < 1.29 is 13.9 Å². The molecule has 3 nitrogen and oxygen atoms in total. The molecule has 1 saturated heterocycles. The summed E-state index contributed by atoms with van der Waals surface area (Å²) in [6, 6.07) is 6.57. The molecule has 1 fully saturated rings. The highest BCUT2D eigenvalue weighted by molar-refractivity contribution is 5.74. The Morgan fingerprint density at radius 1 is 1.58 bits per heavy atom. The third kappa shape index (κ3) is 3.13. The summed E-state index contributed by atoms with van der Waals surface area (Å²) < 4.78 is 18.4. The highest BCUT2D eigenvalue weighted by atomic mass is 19.1. The maximum absolute atomic E-state index is 13.2. The second-order valence-electron chi connectivity index (χ2n) is 5.40. The van der Waals surface area contributed by atoms with E-state index in [1.54, 1.807) is 6.07 Å². The van der Waals surface area contributed by atoms with Crippen LogP contribution in [0.4, 0.5) is 4.39 Å². The zero-order valence-corrected chi connectivity index (χ0v) is 11.4. The average molecular weight is 265 g/mol. The van der Waals surface area contributed by atoms with Crippen LogP contribution in [0.25, 0.3) is 0 Å². The molecule has 4 heteroatoms. The molecule has 1 aliphatic rings. The molecule has 0 aromatic heterocycles. The number of benzene rings is 1. The summed E-state index contributed by atoms with van der Waals surface area (Å²) in [6.45, 7) is 5.63. The van der Waals surface area contributed by atoms with Gasteiger partial charge in [0.1, 0.15) is 5.82 Å². The molecule has 104 valence electrons. The predicted molar refractivity (Wildman–Crippen MR) is 71.2 cm³/mol. The Morgan fingerprint density at radius 3 is 3.05 bits per heavy atom. The molecule has 1 N–H and O–H groups in total. The van der Waals surface area contributed by atoms with Crippen LogP contribution in [0.2, 0.25) is 0 Å². The molecule has 2 unspecified atom stereocenters. The van der Waals surface area contributed by atoms with E-state index < -0.39 is 0 Å². The molecule has 1 aromatic carbocycles. The second kappa shape index (κ2) is 5.70. The quantitative estimate of drug-likeness (QED) is 0.848. The van der Waals surface area contributed by atoms with E-state index in [2.05, 4.69) is 12.2 Å². The minimum absolute atomic E-state index is 0.161. The number of ether oxygens (including phenoxy) is 1. The summed E-state index contributed by atoms with van der Waals surface area (Å²) in [6.07, 6.45) is 0.668. The number of hydrogen-bond acceptors (Lipinski definition) is 3. The van der Waals surface area contributed by atoms with Gasteiger partial charge in [0.25, 0.3) is 0 Å². The van der Waals surface area contributed by atoms with Crippen molar-refractivity contribution in [3.05, 3.63) is 35.6 Å². The van der Waals surface area contributed by atoms with Crippen LogP contribution < -0.4 is 5.32 Å². The SMILES string of the molecule is CCOC(=O)C1CNCC1(C)Cc1cccc(F)c1. The number of carbonyl (C=O) groups excluding carboxylic acids is 1. The van der Waals surface area contributed by atoms with Crippen LogP contribution in [0.5, 0.6) is 0 Å². The first kappa shape index (κ1) is 14.0. The highest BCUT2D eigenvalue weighted by Gasteiger charge is 2.44. The van der Waals surface area contributed by atoms with E-state index in [1.807, 2.05) is 13.0 Å². The fraction of sp³-hybridized carbons (Fsp3) is 0.533. The van der Waals surface area contributed by atoms with Crippen LogP contribution in [0.3, 0.4) is 0 Å². The van der Waals surface area contributed by atoms with Gasteiger partial charge < -0.3 is 10.1 Å². The Kier molecular flexibility index (Phi) is 4.20. The molecule has 0 bridgehead atoms. The van der Waals surface area contributed by atoms with E-state index >= 15 is 0 Å². The number of rotatable bonds is 4. The maximum Gasteiger partial charge on any atom is 0.310 e. The lowest BCUT2D eigenvalue weighted by atomic mass is 9.75. The van der Waals surface area contributed by atoms with E-state index in [9.17, 15) is 9.18 Å². The van der Waals surface area contributed by atoms with Gasteiger partial charge in [0.05, 0.1) is 12.5 Å².